The zero-order chi connectivity index (χ0) is 17.7. The summed E-state index contributed by atoms with van der Waals surface area (Å²) in [5.41, 5.74) is 1.20. The molecule has 1 aliphatic rings. The lowest BCUT2D eigenvalue weighted by atomic mass is 10.1. The monoisotopic (exact) mass is 359 g/mol. The zero-order valence-corrected chi connectivity index (χ0v) is 15.4. The first-order valence-corrected chi connectivity index (χ1v) is 10.4. The quantitative estimate of drug-likeness (QED) is 0.641. The fourth-order valence-electron chi connectivity index (χ4n) is 3.01. The van der Waals surface area contributed by atoms with Gasteiger partial charge in [-0.15, -0.1) is 0 Å². The largest absolute Gasteiger partial charge is 0.382 e. The summed E-state index contributed by atoms with van der Waals surface area (Å²) in [7, 11) is -3.60. The number of para-hydroxylation sites is 1. The number of hydrogen-bond acceptors (Lipinski definition) is 4. The van der Waals surface area contributed by atoms with E-state index in [2.05, 4.69) is 24.0 Å². The Morgan fingerprint density at radius 1 is 1.04 bits per heavy atom. The smallest absolute Gasteiger partial charge is 0.310 e. The molecule has 0 heterocycles. The molecular formula is C20H25NO3S. The fourth-order valence-corrected chi connectivity index (χ4v) is 3.96. The van der Waals surface area contributed by atoms with E-state index in [-0.39, 0.29) is 5.75 Å². The van der Waals surface area contributed by atoms with Crippen molar-refractivity contribution in [1.82, 2.24) is 4.90 Å². The van der Waals surface area contributed by atoms with Gasteiger partial charge in [-0.25, -0.2) is 0 Å². The van der Waals surface area contributed by atoms with Crippen LogP contribution in [0.2, 0.25) is 0 Å². The second-order valence-electron chi connectivity index (χ2n) is 6.69. The molecule has 1 saturated carbocycles. The van der Waals surface area contributed by atoms with Gasteiger partial charge in [-0.2, -0.15) is 8.42 Å². The van der Waals surface area contributed by atoms with Crippen LogP contribution >= 0.6 is 0 Å². The predicted octanol–water partition coefficient (Wildman–Crippen LogP) is 3.70. The summed E-state index contributed by atoms with van der Waals surface area (Å²) in [5, 5.41) is 0. The minimum atomic E-state index is -3.60. The van der Waals surface area contributed by atoms with Crippen molar-refractivity contribution in [3.8, 4) is 5.75 Å². The maximum Gasteiger partial charge on any atom is 0.310 e. The van der Waals surface area contributed by atoms with Crippen molar-refractivity contribution >= 4 is 10.1 Å². The molecule has 1 atom stereocenters. The molecule has 3 rings (SSSR count). The minimum absolute atomic E-state index is 0.00815. The van der Waals surface area contributed by atoms with E-state index in [9.17, 15) is 8.42 Å². The minimum Gasteiger partial charge on any atom is -0.382 e. The zero-order valence-electron chi connectivity index (χ0n) is 14.5. The van der Waals surface area contributed by atoms with Gasteiger partial charge in [0.05, 0.1) is 5.75 Å². The van der Waals surface area contributed by atoms with Crippen molar-refractivity contribution in [2.75, 3.05) is 12.3 Å². The molecule has 0 bridgehead atoms. The lowest BCUT2D eigenvalue weighted by molar-refractivity contribution is 0.191. The van der Waals surface area contributed by atoms with Crippen LogP contribution < -0.4 is 4.18 Å². The van der Waals surface area contributed by atoms with Crippen molar-refractivity contribution in [3.05, 3.63) is 66.2 Å². The number of rotatable bonds is 9. The van der Waals surface area contributed by atoms with E-state index in [0.717, 1.165) is 6.54 Å². The van der Waals surface area contributed by atoms with Crippen LogP contribution in [-0.4, -0.2) is 31.7 Å². The predicted molar refractivity (Wildman–Crippen MR) is 99.9 cm³/mol. The summed E-state index contributed by atoms with van der Waals surface area (Å²) in [4.78, 5) is 2.26. The summed E-state index contributed by atoms with van der Waals surface area (Å²) >= 11 is 0. The van der Waals surface area contributed by atoms with Gasteiger partial charge in [0, 0.05) is 19.1 Å². The van der Waals surface area contributed by atoms with Crippen molar-refractivity contribution in [2.45, 2.75) is 32.4 Å². The van der Waals surface area contributed by atoms with Crippen LogP contribution in [0.4, 0.5) is 0 Å². The Kier molecular flexibility index (Phi) is 5.76. The van der Waals surface area contributed by atoms with Crippen LogP contribution in [0.25, 0.3) is 0 Å². The van der Waals surface area contributed by atoms with Crippen LogP contribution in [0.5, 0.6) is 5.75 Å². The van der Waals surface area contributed by atoms with Gasteiger partial charge in [-0.1, -0.05) is 48.5 Å². The highest BCUT2D eigenvalue weighted by Gasteiger charge is 2.32. The summed E-state index contributed by atoms with van der Waals surface area (Å²) in [6, 6.07) is 19.3. The summed E-state index contributed by atoms with van der Waals surface area (Å²) in [6.07, 6.45) is 2.47. The SMILES string of the molecule is CC(C1CC1)N(CCS(=O)(=O)Oc1ccccc1)Cc1ccccc1. The fraction of sp³-hybridized carbons (Fsp3) is 0.400. The molecule has 25 heavy (non-hydrogen) atoms. The average molecular weight is 359 g/mol. The van der Waals surface area contributed by atoms with Gasteiger partial charge in [0.25, 0.3) is 0 Å². The van der Waals surface area contributed by atoms with Crippen molar-refractivity contribution in [1.29, 1.82) is 0 Å². The molecule has 0 spiro atoms. The van der Waals surface area contributed by atoms with E-state index in [1.165, 1.54) is 18.4 Å². The van der Waals surface area contributed by atoms with Gasteiger partial charge in [0.2, 0.25) is 0 Å². The third-order valence-corrected chi connectivity index (χ3v) is 5.83. The van der Waals surface area contributed by atoms with Crippen LogP contribution in [0.3, 0.4) is 0 Å². The molecule has 2 aromatic rings. The highest BCUT2D eigenvalue weighted by Crippen LogP contribution is 2.35. The lowest BCUT2D eigenvalue weighted by Gasteiger charge is -2.29. The molecule has 0 radical (unpaired) electrons. The van der Waals surface area contributed by atoms with Gasteiger partial charge in [-0.3, -0.25) is 4.90 Å². The van der Waals surface area contributed by atoms with Crippen LogP contribution in [0.15, 0.2) is 60.7 Å². The molecule has 5 heteroatoms. The molecule has 0 amide bonds. The molecule has 2 aromatic carbocycles. The molecule has 0 aromatic heterocycles. The van der Waals surface area contributed by atoms with E-state index < -0.39 is 10.1 Å². The van der Waals surface area contributed by atoms with Gasteiger partial charge >= 0.3 is 10.1 Å². The first-order valence-electron chi connectivity index (χ1n) is 8.79. The Balaban J connectivity index is 1.63. The van der Waals surface area contributed by atoms with Crippen molar-refractivity contribution < 1.29 is 12.6 Å². The van der Waals surface area contributed by atoms with Gasteiger partial charge < -0.3 is 4.18 Å². The van der Waals surface area contributed by atoms with E-state index in [0.29, 0.717) is 24.3 Å². The Hall–Kier alpha value is -1.85. The number of nitrogens with zero attached hydrogens (tertiary/aromatic N) is 1. The van der Waals surface area contributed by atoms with Crippen LogP contribution in [0, 0.1) is 5.92 Å². The molecule has 4 nitrogen and oxygen atoms in total. The third kappa shape index (κ3) is 5.58. The molecular weight excluding hydrogens is 334 g/mol. The maximum atomic E-state index is 12.3. The summed E-state index contributed by atoms with van der Waals surface area (Å²) in [6.45, 7) is 3.44. The Bertz CT molecular complexity index is 758. The van der Waals surface area contributed by atoms with Crippen molar-refractivity contribution in [2.24, 2.45) is 5.92 Å². The van der Waals surface area contributed by atoms with Crippen LogP contribution in [0.1, 0.15) is 25.3 Å². The van der Waals surface area contributed by atoms with Crippen molar-refractivity contribution in [3.63, 3.8) is 0 Å². The Morgan fingerprint density at radius 3 is 2.24 bits per heavy atom. The molecule has 1 fully saturated rings. The van der Waals surface area contributed by atoms with E-state index in [1.807, 2.05) is 24.3 Å². The second-order valence-corrected chi connectivity index (χ2v) is 8.38. The van der Waals surface area contributed by atoms with Gasteiger partial charge in [0.1, 0.15) is 5.75 Å². The lowest BCUT2D eigenvalue weighted by Crippen LogP contribution is -2.38. The normalized spacial score (nSPS) is 15.9. The third-order valence-electron chi connectivity index (χ3n) is 4.70. The molecule has 0 N–H and O–H groups in total. The van der Waals surface area contributed by atoms with Crippen LogP contribution in [-0.2, 0) is 16.7 Å². The van der Waals surface area contributed by atoms with E-state index >= 15 is 0 Å². The van der Waals surface area contributed by atoms with E-state index in [4.69, 9.17) is 4.18 Å². The highest BCUT2D eigenvalue weighted by atomic mass is 32.2. The Morgan fingerprint density at radius 2 is 1.64 bits per heavy atom. The maximum absolute atomic E-state index is 12.3. The molecule has 1 unspecified atom stereocenters. The summed E-state index contributed by atoms with van der Waals surface area (Å²) < 4.78 is 29.8. The molecule has 0 aliphatic heterocycles. The summed E-state index contributed by atoms with van der Waals surface area (Å²) in [5.74, 6) is 1.04. The standard InChI is InChI=1S/C20H25NO3S/c1-17(19-12-13-19)21(16-18-8-4-2-5-9-18)14-15-25(22,23)24-20-10-6-3-7-11-20/h2-11,17,19H,12-16H2,1H3. The molecule has 1 aliphatic carbocycles. The first-order chi connectivity index (χ1) is 12.0. The number of benzene rings is 2. The van der Waals surface area contributed by atoms with Gasteiger partial charge in [-0.05, 0) is 43.4 Å². The average Bonchev–Trinajstić information content (AvgIpc) is 3.44. The molecule has 134 valence electrons. The van der Waals surface area contributed by atoms with E-state index in [1.54, 1.807) is 24.3 Å². The Labute approximate surface area is 150 Å². The second kappa shape index (κ2) is 8.02. The van der Waals surface area contributed by atoms with Gasteiger partial charge in [0.15, 0.2) is 0 Å². The first kappa shape index (κ1) is 18.0. The number of hydrogen-bond donors (Lipinski definition) is 0. The topological polar surface area (TPSA) is 46.6 Å². The highest BCUT2D eigenvalue weighted by molar-refractivity contribution is 7.87. The molecule has 0 saturated heterocycles.